The second-order valence-corrected chi connectivity index (χ2v) is 7.45. The van der Waals surface area contributed by atoms with E-state index in [0.29, 0.717) is 6.54 Å². The third-order valence-electron chi connectivity index (χ3n) is 5.27. The summed E-state index contributed by atoms with van der Waals surface area (Å²) in [5.74, 6) is 1.77. The molecule has 0 saturated carbocycles. The molecule has 1 atom stereocenters. The van der Waals surface area contributed by atoms with E-state index in [4.69, 9.17) is 14.2 Å². The molecule has 4 rings (SSSR count). The van der Waals surface area contributed by atoms with Crippen molar-refractivity contribution in [3.63, 3.8) is 0 Å². The maximum absolute atomic E-state index is 11.0. The van der Waals surface area contributed by atoms with E-state index < -0.39 is 11.0 Å². The van der Waals surface area contributed by atoms with Gasteiger partial charge in [0.1, 0.15) is 12.7 Å². The lowest BCUT2D eigenvalue weighted by atomic mass is 10.1. The summed E-state index contributed by atoms with van der Waals surface area (Å²) in [6, 6.07) is 12.2. The van der Waals surface area contributed by atoms with Gasteiger partial charge >= 0.3 is 5.69 Å². The first-order chi connectivity index (χ1) is 14.6. The van der Waals surface area contributed by atoms with E-state index in [1.54, 1.807) is 18.2 Å². The predicted octanol–water partition coefficient (Wildman–Crippen LogP) is 1.88. The summed E-state index contributed by atoms with van der Waals surface area (Å²) in [5, 5.41) is 21.3. The summed E-state index contributed by atoms with van der Waals surface area (Å²) in [6.07, 6.45) is -0.717. The van der Waals surface area contributed by atoms with Crippen LogP contribution in [0.15, 0.2) is 42.5 Å². The van der Waals surface area contributed by atoms with E-state index in [0.717, 1.165) is 44.2 Å². The zero-order chi connectivity index (χ0) is 20.9. The van der Waals surface area contributed by atoms with E-state index in [9.17, 15) is 15.2 Å². The van der Waals surface area contributed by atoms with Gasteiger partial charge in [-0.05, 0) is 23.8 Å². The van der Waals surface area contributed by atoms with Crippen molar-refractivity contribution in [1.29, 1.82) is 0 Å². The molecule has 0 amide bonds. The first-order valence-electron chi connectivity index (χ1n) is 9.96. The molecule has 0 aromatic heterocycles. The molecule has 9 nitrogen and oxygen atoms in total. The lowest BCUT2D eigenvalue weighted by Gasteiger charge is -2.35. The molecule has 160 valence electrons. The molecule has 1 fully saturated rings. The van der Waals surface area contributed by atoms with Crippen LogP contribution < -0.4 is 14.2 Å². The number of ether oxygens (including phenoxy) is 3. The van der Waals surface area contributed by atoms with Crippen molar-refractivity contribution in [3.8, 4) is 17.2 Å². The molecule has 0 radical (unpaired) electrons. The van der Waals surface area contributed by atoms with Crippen LogP contribution in [0.2, 0.25) is 0 Å². The molecular weight excluding hydrogens is 390 g/mol. The Morgan fingerprint density at radius 2 is 1.80 bits per heavy atom. The predicted molar refractivity (Wildman–Crippen MR) is 109 cm³/mol. The molecule has 2 aliphatic rings. The summed E-state index contributed by atoms with van der Waals surface area (Å²) < 4.78 is 16.3. The third kappa shape index (κ3) is 4.99. The highest BCUT2D eigenvalue weighted by atomic mass is 16.7. The highest BCUT2D eigenvalue weighted by Crippen LogP contribution is 2.33. The summed E-state index contributed by atoms with van der Waals surface area (Å²) in [6.45, 7) is 5.08. The number of aliphatic hydroxyl groups excluding tert-OH is 1. The maximum atomic E-state index is 11.0. The number of β-amino-alcohol motifs (C(OH)–C–C–N with tert-alkyl or cyclic N) is 1. The Balaban J connectivity index is 1.20. The average Bonchev–Trinajstić information content (AvgIpc) is 3.22. The van der Waals surface area contributed by atoms with Crippen LogP contribution in [-0.4, -0.2) is 72.1 Å². The number of piperazine rings is 1. The maximum Gasteiger partial charge on any atom is 0.310 e. The van der Waals surface area contributed by atoms with Gasteiger partial charge in [0, 0.05) is 45.3 Å². The monoisotopic (exact) mass is 415 g/mol. The largest absolute Gasteiger partial charge is 0.484 e. The van der Waals surface area contributed by atoms with Gasteiger partial charge in [-0.1, -0.05) is 18.2 Å². The van der Waals surface area contributed by atoms with Gasteiger partial charge in [0.2, 0.25) is 6.79 Å². The normalized spacial score (nSPS) is 17.6. The number of fused-ring (bicyclic) bond motifs is 1. The lowest BCUT2D eigenvalue weighted by Crippen LogP contribution is -2.48. The van der Waals surface area contributed by atoms with Gasteiger partial charge < -0.3 is 19.3 Å². The molecule has 9 heteroatoms. The number of hydrogen-bond donors (Lipinski definition) is 1. The van der Waals surface area contributed by atoms with Gasteiger partial charge in [0.05, 0.1) is 4.92 Å². The number of nitro benzene ring substituents is 1. The van der Waals surface area contributed by atoms with Crippen molar-refractivity contribution < 1.29 is 24.2 Å². The van der Waals surface area contributed by atoms with Crippen LogP contribution >= 0.6 is 0 Å². The van der Waals surface area contributed by atoms with E-state index in [2.05, 4.69) is 15.9 Å². The van der Waals surface area contributed by atoms with E-state index in [1.165, 1.54) is 11.6 Å². The molecule has 1 unspecified atom stereocenters. The first-order valence-corrected chi connectivity index (χ1v) is 9.96. The minimum absolute atomic E-state index is 0.0161. The average molecular weight is 415 g/mol. The molecule has 2 aromatic carbocycles. The topological polar surface area (TPSA) is 97.5 Å². The lowest BCUT2D eigenvalue weighted by molar-refractivity contribution is -0.385. The van der Waals surface area contributed by atoms with Gasteiger partial charge in [-0.3, -0.25) is 19.9 Å². The van der Waals surface area contributed by atoms with E-state index in [1.807, 2.05) is 12.1 Å². The van der Waals surface area contributed by atoms with Crippen LogP contribution in [0, 0.1) is 10.1 Å². The van der Waals surface area contributed by atoms with Crippen LogP contribution in [0.4, 0.5) is 5.69 Å². The van der Waals surface area contributed by atoms with Crippen molar-refractivity contribution in [1.82, 2.24) is 9.80 Å². The number of hydrogen-bond acceptors (Lipinski definition) is 8. The Hall–Kier alpha value is -2.88. The molecule has 2 aromatic rings. The molecule has 30 heavy (non-hydrogen) atoms. The molecular formula is C21H25N3O6. The Morgan fingerprint density at radius 1 is 1.07 bits per heavy atom. The Morgan fingerprint density at radius 3 is 2.60 bits per heavy atom. The van der Waals surface area contributed by atoms with Crippen LogP contribution in [-0.2, 0) is 6.54 Å². The fraction of sp³-hybridized carbons (Fsp3) is 0.429. The van der Waals surface area contributed by atoms with Gasteiger partial charge in [0.15, 0.2) is 17.2 Å². The number of nitrogens with zero attached hydrogens (tertiary/aromatic N) is 3. The van der Waals surface area contributed by atoms with Gasteiger partial charge in [-0.15, -0.1) is 0 Å². The van der Waals surface area contributed by atoms with Crippen LogP contribution in [0.1, 0.15) is 5.56 Å². The fourth-order valence-corrected chi connectivity index (χ4v) is 3.69. The van der Waals surface area contributed by atoms with Crippen molar-refractivity contribution in [2.45, 2.75) is 12.6 Å². The Kier molecular flexibility index (Phi) is 6.32. The van der Waals surface area contributed by atoms with Crippen LogP contribution in [0.25, 0.3) is 0 Å². The van der Waals surface area contributed by atoms with Crippen molar-refractivity contribution in [2.75, 3.05) is 46.1 Å². The van der Waals surface area contributed by atoms with Crippen molar-refractivity contribution in [3.05, 3.63) is 58.1 Å². The SMILES string of the molecule is O=[N+]([O-])c1ccccc1OCC(O)CN1CCN(Cc2ccc3c(c2)OCO3)CC1. The summed E-state index contributed by atoms with van der Waals surface area (Å²) in [7, 11) is 0. The Labute approximate surface area is 174 Å². The van der Waals surface area contributed by atoms with Gasteiger partial charge in [-0.2, -0.15) is 0 Å². The van der Waals surface area contributed by atoms with Crippen molar-refractivity contribution in [2.24, 2.45) is 0 Å². The standard InChI is InChI=1S/C21H25N3O6/c25-17(14-28-19-4-2-1-3-18(19)24(26)27)13-23-9-7-22(8-10-23)12-16-5-6-20-21(11-16)30-15-29-20/h1-6,11,17,25H,7-10,12-15H2. The van der Waals surface area contributed by atoms with Crippen LogP contribution in [0.3, 0.4) is 0 Å². The molecule has 2 heterocycles. The molecule has 0 aliphatic carbocycles. The van der Waals surface area contributed by atoms with E-state index >= 15 is 0 Å². The molecule has 1 N–H and O–H groups in total. The van der Waals surface area contributed by atoms with Crippen molar-refractivity contribution >= 4 is 5.69 Å². The minimum atomic E-state index is -0.717. The summed E-state index contributed by atoms with van der Waals surface area (Å²) >= 11 is 0. The first kappa shape index (κ1) is 20.4. The number of benzene rings is 2. The smallest absolute Gasteiger partial charge is 0.310 e. The molecule has 0 spiro atoms. The quantitative estimate of drug-likeness (QED) is 0.516. The fourth-order valence-electron chi connectivity index (χ4n) is 3.69. The third-order valence-corrected chi connectivity index (χ3v) is 5.27. The summed E-state index contributed by atoms with van der Waals surface area (Å²) in [4.78, 5) is 15.1. The highest BCUT2D eigenvalue weighted by Gasteiger charge is 2.22. The molecule has 2 aliphatic heterocycles. The number of para-hydroxylation sites is 2. The zero-order valence-corrected chi connectivity index (χ0v) is 16.6. The number of aliphatic hydroxyl groups is 1. The highest BCUT2D eigenvalue weighted by molar-refractivity contribution is 5.46. The number of rotatable bonds is 8. The van der Waals surface area contributed by atoms with Gasteiger partial charge in [-0.25, -0.2) is 0 Å². The van der Waals surface area contributed by atoms with Crippen LogP contribution in [0.5, 0.6) is 17.2 Å². The zero-order valence-electron chi connectivity index (χ0n) is 16.6. The molecule has 1 saturated heterocycles. The second-order valence-electron chi connectivity index (χ2n) is 7.45. The molecule has 0 bridgehead atoms. The Bertz CT molecular complexity index is 885. The summed E-state index contributed by atoms with van der Waals surface area (Å²) in [5.41, 5.74) is 1.09. The van der Waals surface area contributed by atoms with Gasteiger partial charge in [0.25, 0.3) is 0 Å². The minimum Gasteiger partial charge on any atom is -0.484 e. The number of nitro groups is 1. The van der Waals surface area contributed by atoms with E-state index in [-0.39, 0.29) is 24.8 Å². The second kappa shape index (κ2) is 9.29.